The molecule has 0 radical (unpaired) electrons. The van der Waals surface area contributed by atoms with E-state index < -0.39 is 68.6 Å². The molecule has 0 fully saturated rings. The molecular formula is C50H54N6O15STb+3. The summed E-state index contributed by atoms with van der Waals surface area (Å²) in [5.41, 5.74) is 7.71. The molecule has 386 valence electrons. The summed E-state index contributed by atoms with van der Waals surface area (Å²) in [6.45, 7) is -2.71. The van der Waals surface area contributed by atoms with Crippen LogP contribution in [0.5, 0.6) is 17.2 Å². The Morgan fingerprint density at radius 2 is 0.986 bits per heavy atom. The van der Waals surface area contributed by atoms with Crippen molar-refractivity contribution in [1.29, 1.82) is 0 Å². The second-order valence-corrected chi connectivity index (χ2v) is 16.7. The van der Waals surface area contributed by atoms with E-state index in [1.807, 2.05) is 35.2 Å². The summed E-state index contributed by atoms with van der Waals surface area (Å²) < 4.78 is 16.9. The first-order valence-corrected chi connectivity index (χ1v) is 22.6. The standard InChI is InChI=1S/C50H54N6O15S.Tb/c1-69-43-15-32(6-12-45(57)58)5-10-41(43)33-16-36(52-38(18-33)23-55(25-46(59)60)26-47(61)62)21-54(14-13-31-3-7-35(8-4-31)51-30-72)22-37-17-34(19-39(53-37)24-56(27-48(63)64)28-49(65)66)42-11-9-40(20-44(42)70-2)71-29-50(67)68;/h3-5,7-11,15-20,30H,6,12-14,21-29H2,1-2H3,(H,51,72)(H,57,58)(H,59,60)(H,61,62)(H,63,64)(H,65,66)(H,67,68);/q;+3. The minimum atomic E-state index is -1.25. The van der Waals surface area contributed by atoms with Crippen LogP contribution in [0, 0.1) is 38.6 Å². The number of hydrogen-bond donors (Lipinski definition) is 7. The van der Waals surface area contributed by atoms with E-state index in [0.717, 1.165) is 11.3 Å². The van der Waals surface area contributed by atoms with E-state index >= 15 is 0 Å². The smallest absolute Gasteiger partial charge is 0.496 e. The van der Waals surface area contributed by atoms with Crippen molar-refractivity contribution >= 4 is 59.2 Å². The zero-order chi connectivity index (χ0) is 52.3. The van der Waals surface area contributed by atoms with Gasteiger partial charge in [-0.15, -0.1) is 0 Å². The molecular weight excluding hydrogens is 1120 g/mol. The number of benzene rings is 3. The Kier molecular flexibility index (Phi) is 23.4. The number of carbonyl (C=O) groups is 6. The Labute approximate surface area is 455 Å². The number of hydrogen-bond acceptors (Lipinski definition) is 15. The average molecular weight is 1170 g/mol. The molecule has 0 bridgehead atoms. The van der Waals surface area contributed by atoms with Gasteiger partial charge in [0.25, 0.3) is 0 Å². The van der Waals surface area contributed by atoms with Gasteiger partial charge in [0.05, 0.1) is 68.7 Å². The Morgan fingerprint density at radius 3 is 1.41 bits per heavy atom. The normalized spacial score (nSPS) is 10.9. The number of methoxy groups -OCH3 is 2. The van der Waals surface area contributed by atoms with E-state index in [1.54, 1.807) is 48.5 Å². The molecule has 0 aliphatic rings. The van der Waals surface area contributed by atoms with Crippen LogP contribution >= 0.6 is 12.2 Å². The second-order valence-electron chi connectivity index (χ2n) is 16.4. The number of thiocarbonyl (C=S) groups is 1. The van der Waals surface area contributed by atoms with Gasteiger partial charge in [-0.2, -0.15) is 0 Å². The Morgan fingerprint density at radius 1 is 0.548 bits per heavy atom. The largest absolute Gasteiger partial charge is 3.00 e. The second kappa shape index (κ2) is 29.1. The van der Waals surface area contributed by atoms with Crippen LogP contribution in [0.1, 0.15) is 40.3 Å². The number of aryl methyl sites for hydroxylation is 1. The van der Waals surface area contributed by atoms with Crippen molar-refractivity contribution in [1.82, 2.24) is 24.7 Å². The monoisotopic (exact) mass is 1170 g/mol. The minimum Gasteiger partial charge on any atom is -0.496 e. The van der Waals surface area contributed by atoms with Crippen LogP contribution in [0.25, 0.3) is 22.3 Å². The molecule has 0 spiro atoms. The molecule has 73 heavy (non-hydrogen) atoms. The van der Waals surface area contributed by atoms with Crippen LogP contribution in [0.2, 0.25) is 0 Å². The van der Waals surface area contributed by atoms with Gasteiger partial charge >= 0.3 is 74.4 Å². The number of aromatic nitrogens is 2. The van der Waals surface area contributed by atoms with Gasteiger partial charge in [-0.3, -0.25) is 48.6 Å². The molecule has 21 nitrogen and oxygen atoms in total. The summed E-state index contributed by atoms with van der Waals surface area (Å²) in [5, 5.41) is 60.2. The van der Waals surface area contributed by atoms with Gasteiger partial charge in [0, 0.05) is 62.0 Å². The summed E-state index contributed by atoms with van der Waals surface area (Å²) in [7, 11) is 2.89. The van der Waals surface area contributed by atoms with E-state index in [2.05, 4.69) is 5.32 Å². The molecule has 0 aliphatic heterocycles. The molecule has 7 N–H and O–H groups in total. The molecule has 23 heteroatoms. The molecule has 2 aromatic heterocycles. The van der Waals surface area contributed by atoms with Crippen LogP contribution in [0.4, 0.5) is 5.69 Å². The predicted molar refractivity (Wildman–Crippen MR) is 264 cm³/mol. The number of rotatable bonds is 31. The maximum Gasteiger partial charge on any atom is 3.00 e. The molecule has 0 unspecified atom stereocenters. The summed E-state index contributed by atoms with van der Waals surface area (Å²) in [6, 6.07) is 24.6. The molecule has 0 saturated carbocycles. The molecule has 0 atom stereocenters. The molecule has 5 rings (SSSR count). The van der Waals surface area contributed by atoms with Crippen LogP contribution in [-0.2, 0) is 67.8 Å². The minimum absolute atomic E-state index is 0. The van der Waals surface area contributed by atoms with Gasteiger partial charge in [-0.05, 0) is 89.7 Å². The van der Waals surface area contributed by atoms with Gasteiger partial charge in [0.1, 0.15) is 17.2 Å². The van der Waals surface area contributed by atoms with Gasteiger partial charge < -0.3 is 50.2 Å². The molecule has 0 saturated heterocycles. The summed E-state index contributed by atoms with van der Waals surface area (Å²) in [4.78, 5) is 84.5. The first-order valence-electron chi connectivity index (χ1n) is 22.1. The topological polar surface area (TPSA) is 299 Å². The zero-order valence-corrected chi connectivity index (χ0v) is 42.6. The maximum atomic E-state index is 11.9. The average Bonchev–Trinajstić information content (AvgIpc) is 3.31. The van der Waals surface area contributed by atoms with Crippen LogP contribution in [0.3, 0.4) is 0 Å². The van der Waals surface area contributed by atoms with Crippen molar-refractivity contribution in [3.05, 3.63) is 119 Å². The number of carboxylic acid groups (broad SMARTS) is 6. The fourth-order valence-corrected chi connectivity index (χ4v) is 7.95. The van der Waals surface area contributed by atoms with Crippen molar-refractivity contribution < 1.29 is 112 Å². The van der Waals surface area contributed by atoms with Crippen LogP contribution in [0.15, 0.2) is 84.9 Å². The van der Waals surface area contributed by atoms with Crippen molar-refractivity contribution in [2.75, 3.05) is 58.9 Å². The number of ether oxygens (including phenoxy) is 3. The van der Waals surface area contributed by atoms with Crippen molar-refractivity contribution in [3.63, 3.8) is 0 Å². The quantitative estimate of drug-likeness (QED) is 0.0291. The Bertz CT molecular complexity index is 2580. The number of nitrogens with one attached hydrogen (secondary N) is 1. The van der Waals surface area contributed by atoms with E-state index in [9.17, 15) is 59.4 Å². The van der Waals surface area contributed by atoms with Gasteiger partial charge in [-0.1, -0.05) is 36.5 Å². The fourth-order valence-electron chi connectivity index (χ4n) is 7.81. The summed E-state index contributed by atoms with van der Waals surface area (Å²) >= 11 is 4.95. The van der Waals surface area contributed by atoms with Crippen molar-refractivity contribution in [3.8, 4) is 39.5 Å². The van der Waals surface area contributed by atoms with E-state index in [0.29, 0.717) is 75.1 Å². The van der Waals surface area contributed by atoms with Crippen LogP contribution < -0.4 is 19.5 Å². The van der Waals surface area contributed by atoms with Crippen molar-refractivity contribution in [2.24, 2.45) is 0 Å². The molecule has 0 aliphatic carbocycles. The first kappa shape index (κ1) is 58.8. The predicted octanol–water partition coefficient (Wildman–Crippen LogP) is 4.86. The maximum absolute atomic E-state index is 11.9. The molecule has 2 heterocycles. The number of aliphatic carboxylic acids is 6. The van der Waals surface area contributed by atoms with Gasteiger partial charge in [-0.25, -0.2) is 4.79 Å². The third-order valence-electron chi connectivity index (χ3n) is 10.8. The number of pyridine rings is 2. The third kappa shape index (κ3) is 19.6. The van der Waals surface area contributed by atoms with Crippen LogP contribution in [-0.4, -0.2) is 150 Å². The number of carboxylic acids is 6. The number of anilines is 1. The number of nitrogens with zero attached hydrogens (tertiary/aromatic N) is 5. The van der Waals surface area contributed by atoms with Gasteiger partial charge in [0.15, 0.2) is 6.61 Å². The Hall–Kier alpha value is -6.76. The van der Waals surface area contributed by atoms with E-state index in [1.165, 1.54) is 35.6 Å². The molecule has 3 aromatic carbocycles. The van der Waals surface area contributed by atoms with E-state index in [-0.39, 0.29) is 83.4 Å². The first-order chi connectivity index (χ1) is 34.4. The Balaban J connectivity index is 0.0000116. The molecule has 5 aromatic rings. The SMILES string of the molecule is COc1cc(CCC(=O)O)ccc1-c1cc(CN(CC(=O)O)CC(=O)O)nc(CN(CCc2ccc(NC=S)cc2)Cc2cc(-c3ccc(OCC(=O)O)cc3OC)cc(CN(CC(=O)O)CC(=O)O)n2)c1.[Tb+3]. The summed E-state index contributed by atoms with van der Waals surface area (Å²) in [5.74, 6) is -6.20. The van der Waals surface area contributed by atoms with E-state index in [4.69, 9.17) is 36.4 Å². The zero-order valence-electron chi connectivity index (χ0n) is 39.7. The van der Waals surface area contributed by atoms with Gasteiger partial charge in [0.2, 0.25) is 0 Å². The van der Waals surface area contributed by atoms with Crippen molar-refractivity contribution in [2.45, 2.75) is 45.4 Å². The fraction of sp³-hybridized carbons (Fsp3) is 0.300. The summed E-state index contributed by atoms with van der Waals surface area (Å²) in [6.07, 6.45) is 0.640. The molecule has 0 amide bonds. The third-order valence-corrected chi connectivity index (χ3v) is 10.9.